The molecule has 2 atom stereocenters. The third kappa shape index (κ3) is 5.27. The van der Waals surface area contributed by atoms with Crippen molar-refractivity contribution in [1.29, 1.82) is 0 Å². The fourth-order valence-corrected chi connectivity index (χ4v) is 12.1. The highest BCUT2D eigenvalue weighted by atomic mass is 15.3. The van der Waals surface area contributed by atoms with E-state index < -0.39 is 0 Å². The van der Waals surface area contributed by atoms with Gasteiger partial charge in [-0.15, -0.1) is 0 Å². The van der Waals surface area contributed by atoms with Gasteiger partial charge in [-0.1, -0.05) is 149 Å². The molecule has 0 aromatic heterocycles. The molecule has 2 unspecified atom stereocenters. The van der Waals surface area contributed by atoms with Gasteiger partial charge in [-0.05, 0) is 154 Å². The number of nitrogens with zero attached hydrogens (tertiary/aromatic N) is 2. The maximum Gasteiger partial charge on any atom is 0.333 e. The molecule has 7 aromatic rings. The fourth-order valence-electron chi connectivity index (χ4n) is 12.1. The van der Waals surface area contributed by atoms with Crippen molar-refractivity contribution in [2.75, 3.05) is 9.71 Å². The summed E-state index contributed by atoms with van der Waals surface area (Å²) in [5.41, 5.74) is 25.4. The monoisotopic (exact) mass is 778 g/mol. The second-order valence-corrected chi connectivity index (χ2v) is 19.9. The van der Waals surface area contributed by atoms with E-state index in [2.05, 4.69) is 205 Å². The highest BCUT2D eigenvalue weighted by molar-refractivity contribution is 6.93. The molecule has 4 aliphatic rings. The molecule has 0 saturated heterocycles. The molecule has 1 aliphatic carbocycles. The van der Waals surface area contributed by atoms with E-state index in [9.17, 15) is 0 Å². The minimum absolute atomic E-state index is 0.00679. The van der Waals surface area contributed by atoms with Gasteiger partial charge < -0.3 is 9.71 Å². The van der Waals surface area contributed by atoms with Crippen molar-refractivity contribution in [2.45, 2.75) is 97.4 Å². The molecule has 296 valence electrons. The molecular weight excluding hydrogens is 723 g/mol. The fraction of sp³-hybridized carbons (Fsp3) is 0.263. The van der Waals surface area contributed by atoms with Crippen LogP contribution in [0.3, 0.4) is 0 Å². The first-order valence-corrected chi connectivity index (χ1v) is 22.3. The Balaban J connectivity index is 1.27. The van der Waals surface area contributed by atoms with Crippen LogP contribution in [-0.4, -0.2) is 12.4 Å². The number of aryl methyl sites for hydroxylation is 3. The summed E-state index contributed by atoms with van der Waals surface area (Å²) in [4.78, 5) is 5.60. The molecule has 3 heterocycles. The van der Waals surface area contributed by atoms with Crippen LogP contribution in [0.25, 0.3) is 44.5 Å². The van der Waals surface area contributed by atoms with Gasteiger partial charge in [0.15, 0.2) is 0 Å². The minimum Gasteiger partial charge on any atom is -0.376 e. The summed E-state index contributed by atoms with van der Waals surface area (Å²) in [6.07, 6.45) is 4.90. The normalized spacial score (nSPS) is 19.8. The van der Waals surface area contributed by atoms with E-state index in [0.717, 1.165) is 0 Å². The van der Waals surface area contributed by atoms with Crippen LogP contribution in [0, 0.1) is 20.8 Å². The van der Waals surface area contributed by atoms with Crippen molar-refractivity contribution in [3.63, 3.8) is 0 Å². The lowest BCUT2D eigenvalue weighted by molar-refractivity contribution is 0.195. The van der Waals surface area contributed by atoms with Crippen molar-refractivity contribution >= 4 is 40.5 Å². The molecule has 3 aliphatic heterocycles. The zero-order valence-corrected chi connectivity index (χ0v) is 36.6. The van der Waals surface area contributed by atoms with Gasteiger partial charge in [-0.25, -0.2) is 0 Å². The van der Waals surface area contributed by atoms with Crippen LogP contribution in [0.4, 0.5) is 22.7 Å². The first-order chi connectivity index (χ1) is 28.9. The summed E-state index contributed by atoms with van der Waals surface area (Å²) < 4.78 is 0. The minimum atomic E-state index is -0.0676. The number of rotatable bonds is 4. The molecule has 1 fully saturated rings. The number of hydrogen-bond donors (Lipinski definition) is 0. The molecule has 0 spiro atoms. The first-order valence-electron chi connectivity index (χ1n) is 22.3. The molecule has 2 nitrogen and oxygen atoms in total. The molecule has 7 aromatic carbocycles. The third-order valence-corrected chi connectivity index (χ3v) is 15.2. The van der Waals surface area contributed by atoms with E-state index in [0.29, 0.717) is 0 Å². The average Bonchev–Trinajstić information content (AvgIpc) is 3.45. The Morgan fingerprint density at radius 2 is 1.17 bits per heavy atom. The van der Waals surface area contributed by atoms with Gasteiger partial charge in [0.1, 0.15) is 0 Å². The first kappa shape index (κ1) is 37.2. The standard InChI is InChI=1S/C57H55BN2/c1-36-29-37(2)52(38(3)30-36)43-32-47-46-31-42(40-19-13-10-14-20-40)23-26-50(46)60(45-24-21-41(22-25-45)39-17-11-9-12-18-39)58-49-35-44(55(4,5)6)34-48-54(49)59(51(33-43)53(47)58)57(8)28-16-15-27-56(48,57)7/h9-14,17-26,29-35H,15-16,27-28H2,1-8H3. The van der Waals surface area contributed by atoms with Gasteiger partial charge in [0.2, 0.25) is 0 Å². The number of anilines is 4. The maximum absolute atomic E-state index is 2.89. The van der Waals surface area contributed by atoms with Crippen LogP contribution in [0.15, 0.2) is 140 Å². The third-order valence-electron chi connectivity index (χ3n) is 15.2. The van der Waals surface area contributed by atoms with Gasteiger partial charge >= 0.3 is 6.85 Å². The Bertz CT molecular complexity index is 2850. The average molecular weight is 779 g/mol. The van der Waals surface area contributed by atoms with Gasteiger partial charge in [-0.2, -0.15) is 0 Å². The number of fused-ring (bicyclic) bond motifs is 7. The van der Waals surface area contributed by atoms with Crippen molar-refractivity contribution in [1.82, 2.24) is 0 Å². The Morgan fingerprint density at radius 1 is 0.567 bits per heavy atom. The smallest absolute Gasteiger partial charge is 0.333 e. The lowest BCUT2D eigenvalue weighted by atomic mass is 9.43. The van der Waals surface area contributed by atoms with E-state index in [1.807, 2.05) is 0 Å². The summed E-state index contributed by atoms with van der Waals surface area (Å²) in [6.45, 7) is 19.3. The largest absolute Gasteiger partial charge is 0.376 e. The zero-order chi connectivity index (χ0) is 41.3. The molecule has 3 heteroatoms. The van der Waals surface area contributed by atoms with Crippen molar-refractivity contribution in [3.8, 4) is 44.5 Å². The van der Waals surface area contributed by atoms with E-state index in [-0.39, 0.29) is 23.2 Å². The van der Waals surface area contributed by atoms with Gasteiger partial charge in [-0.3, -0.25) is 0 Å². The Kier molecular flexibility index (Phi) is 8.13. The predicted molar refractivity (Wildman–Crippen MR) is 258 cm³/mol. The van der Waals surface area contributed by atoms with Crippen molar-refractivity contribution in [3.05, 3.63) is 167 Å². The Labute approximate surface area is 358 Å². The van der Waals surface area contributed by atoms with Crippen molar-refractivity contribution in [2.24, 2.45) is 0 Å². The van der Waals surface area contributed by atoms with E-state index in [1.54, 1.807) is 5.56 Å². The van der Waals surface area contributed by atoms with E-state index in [4.69, 9.17) is 0 Å². The van der Waals surface area contributed by atoms with Crippen LogP contribution >= 0.6 is 0 Å². The van der Waals surface area contributed by atoms with Gasteiger partial charge in [0.05, 0.1) is 5.54 Å². The van der Waals surface area contributed by atoms with Crippen LogP contribution < -0.4 is 20.6 Å². The van der Waals surface area contributed by atoms with Crippen molar-refractivity contribution < 1.29 is 0 Å². The van der Waals surface area contributed by atoms with Crippen LogP contribution in [0.2, 0.25) is 0 Å². The van der Waals surface area contributed by atoms with E-state index in [1.165, 1.54) is 126 Å². The van der Waals surface area contributed by atoms with E-state index >= 15 is 0 Å². The van der Waals surface area contributed by atoms with Crippen LogP contribution in [0.5, 0.6) is 0 Å². The molecule has 0 bridgehead atoms. The van der Waals surface area contributed by atoms with Crippen LogP contribution in [0.1, 0.15) is 88.1 Å². The summed E-state index contributed by atoms with van der Waals surface area (Å²) in [5, 5.41) is 0. The molecule has 0 amide bonds. The number of hydrogen-bond acceptors (Lipinski definition) is 2. The lowest BCUT2D eigenvalue weighted by Crippen LogP contribution is -2.64. The second kappa shape index (κ2) is 13.1. The Hall–Kier alpha value is -5.80. The highest BCUT2D eigenvalue weighted by Crippen LogP contribution is 2.63. The highest BCUT2D eigenvalue weighted by Gasteiger charge is 2.62. The molecule has 0 N–H and O–H groups in total. The SMILES string of the molecule is Cc1cc(C)c(-c2cc3c4c(c2)N2c5c(cc(C(C)(C)C)cc5C5(C)CCCCC25C)B4N(c2ccc(-c4ccccc4)cc2)c2ccc(-c4ccccc4)cc2-3)c(C)c1. The van der Waals surface area contributed by atoms with Crippen LogP contribution in [-0.2, 0) is 10.8 Å². The summed E-state index contributed by atoms with van der Waals surface area (Å²) in [6, 6.07) is 53.6. The number of benzene rings is 7. The Morgan fingerprint density at radius 3 is 1.83 bits per heavy atom. The second-order valence-electron chi connectivity index (χ2n) is 19.9. The lowest BCUT2D eigenvalue weighted by Gasteiger charge is -2.53. The van der Waals surface area contributed by atoms with Gasteiger partial charge in [0, 0.05) is 33.7 Å². The van der Waals surface area contributed by atoms with Gasteiger partial charge in [0.25, 0.3) is 0 Å². The summed E-state index contributed by atoms with van der Waals surface area (Å²) in [7, 11) is 0. The molecular formula is C57H55BN2. The molecule has 11 rings (SSSR count). The molecule has 1 saturated carbocycles. The maximum atomic E-state index is 2.89. The zero-order valence-electron chi connectivity index (χ0n) is 36.6. The summed E-state index contributed by atoms with van der Waals surface area (Å²) >= 11 is 0. The topological polar surface area (TPSA) is 6.48 Å². The summed E-state index contributed by atoms with van der Waals surface area (Å²) in [5.74, 6) is 0. The molecule has 60 heavy (non-hydrogen) atoms. The predicted octanol–water partition coefficient (Wildman–Crippen LogP) is 13.9. The molecule has 0 radical (unpaired) electrons. The quantitative estimate of drug-likeness (QED) is 0.164.